The van der Waals surface area contributed by atoms with Crippen LogP contribution >= 0.6 is 15.9 Å². The van der Waals surface area contributed by atoms with Crippen LogP contribution in [0.25, 0.3) is 0 Å². The normalized spacial score (nSPS) is 14.4. The van der Waals surface area contributed by atoms with Crippen LogP contribution in [0, 0.1) is 0 Å². The summed E-state index contributed by atoms with van der Waals surface area (Å²) >= 11 is 3.25. The average Bonchev–Trinajstić information content (AvgIpc) is 2.57. The Labute approximate surface area is 166 Å². The minimum atomic E-state index is -5.01. The number of pyridine rings is 1. The fourth-order valence-electron chi connectivity index (χ4n) is 2.42. The molecule has 28 heavy (non-hydrogen) atoms. The van der Waals surface area contributed by atoms with E-state index in [1.54, 1.807) is 18.3 Å². The van der Waals surface area contributed by atoms with Crippen LogP contribution in [0.2, 0.25) is 0 Å². The van der Waals surface area contributed by atoms with Gasteiger partial charge in [-0.1, -0.05) is 0 Å². The van der Waals surface area contributed by atoms with Gasteiger partial charge in [-0.2, -0.15) is 26.3 Å². The smallest absolute Gasteiger partial charge is 0.408 e. The molecule has 0 aliphatic heterocycles. The van der Waals surface area contributed by atoms with E-state index in [1.165, 1.54) is 20.2 Å². The lowest BCUT2D eigenvalue weighted by Crippen LogP contribution is -2.51. The number of urea groups is 1. The first-order chi connectivity index (χ1) is 12.8. The van der Waals surface area contributed by atoms with E-state index in [1.807, 2.05) is 0 Å². The van der Waals surface area contributed by atoms with Crippen LogP contribution in [-0.4, -0.2) is 48.0 Å². The second-order valence-corrected chi connectivity index (χ2v) is 6.76. The molecule has 1 aromatic heterocycles. The van der Waals surface area contributed by atoms with Gasteiger partial charge in [0.2, 0.25) is 0 Å². The molecule has 0 bridgehead atoms. The van der Waals surface area contributed by atoms with Crippen molar-refractivity contribution in [3.8, 4) is 5.75 Å². The zero-order chi connectivity index (χ0) is 21.7. The van der Waals surface area contributed by atoms with Crippen molar-refractivity contribution >= 4 is 22.0 Å². The number of alkyl halides is 6. The van der Waals surface area contributed by atoms with E-state index in [9.17, 15) is 31.1 Å². The van der Waals surface area contributed by atoms with Crippen molar-refractivity contribution < 1.29 is 35.9 Å². The van der Waals surface area contributed by atoms with Crippen molar-refractivity contribution in [2.24, 2.45) is 0 Å². The summed E-state index contributed by atoms with van der Waals surface area (Å²) in [6, 6.07) is -2.93. The highest BCUT2D eigenvalue weighted by Gasteiger charge is 2.43. The van der Waals surface area contributed by atoms with Crippen LogP contribution in [0.1, 0.15) is 38.4 Å². The van der Waals surface area contributed by atoms with Crippen LogP contribution < -0.4 is 10.1 Å². The quantitative estimate of drug-likeness (QED) is 0.545. The summed E-state index contributed by atoms with van der Waals surface area (Å²) in [6.07, 6.45) is -11.3. The Bertz CT molecular complexity index is 669. The lowest BCUT2D eigenvalue weighted by atomic mass is 10.1. The van der Waals surface area contributed by atoms with Gasteiger partial charge in [-0.15, -0.1) is 0 Å². The molecule has 2 amide bonds. The van der Waals surface area contributed by atoms with E-state index in [2.05, 4.69) is 20.9 Å². The number of carbonyl (C=O) groups excluding carboxylic acids is 1. The molecule has 2 atom stereocenters. The van der Waals surface area contributed by atoms with E-state index in [0.29, 0.717) is 15.9 Å². The molecule has 1 heterocycles. The van der Waals surface area contributed by atoms with Crippen molar-refractivity contribution in [3.05, 3.63) is 22.4 Å². The van der Waals surface area contributed by atoms with Gasteiger partial charge in [-0.05, 0) is 42.3 Å². The van der Waals surface area contributed by atoms with E-state index in [-0.39, 0.29) is 6.54 Å². The number of ether oxygens (including phenoxy) is 1. The summed E-state index contributed by atoms with van der Waals surface area (Å²) in [5.41, 5.74) is 0.364. The SMILES string of the molecule is CCN(C(=O)NC(CCC(F)(F)F)C(F)(F)F)C(C)c1cc(Br)c(OC)cn1. The molecule has 0 spiro atoms. The second kappa shape index (κ2) is 9.66. The third-order valence-corrected chi connectivity index (χ3v) is 4.59. The Kier molecular flexibility index (Phi) is 8.39. The molecule has 160 valence electrons. The van der Waals surface area contributed by atoms with Crippen LogP contribution in [0.4, 0.5) is 31.1 Å². The molecular formula is C16H20BrF6N3O2. The van der Waals surface area contributed by atoms with Crippen LogP contribution in [0.3, 0.4) is 0 Å². The lowest BCUT2D eigenvalue weighted by molar-refractivity contribution is -0.171. The van der Waals surface area contributed by atoms with Crippen molar-refractivity contribution in [2.45, 2.75) is 51.1 Å². The molecule has 2 unspecified atom stereocenters. The highest BCUT2D eigenvalue weighted by atomic mass is 79.9. The third-order valence-electron chi connectivity index (χ3n) is 3.97. The van der Waals surface area contributed by atoms with Crippen LogP contribution in [0.15, 0.2) is 16.7 Å². The highest BCUT2D eigenvalue weighted by molar-refractivity contribution is 9.10. The van der Waals surface area contributed by atoms with Crippen molar-refractivity contribution in [3.63, 3.8) is 0 Å². The molecule has 0 saturated carbocycles. The van der Waals surface area contributed by atoms with Crippen molar-refractivity contribution in [2.75, 3.05) is 13.7 Å². The zero-order valence-electron chi connectivity index (χ0n) is 15.3. The molecule has 0 saturated heterocycles. The lowest BCUT2D eigenvalue weighted by Gasteiger charge is -2.31. The monoisotopic (exact) mass is 479 g/mol. The van der Waals surface area contributed by atoms with Crippen molar-refractivity contribution in [1.82, 2.24) is 15.2 Å². The first-order valence-corrected chi connectivity index (χ1v) is 8.99. The van der Waals surface area contributed by atoms with Gasteiger partial charge >= 0.3 is 18.4 Å². The molecule has 0 aromatic carbocycles. The molecule has 1 aromatic rings. The van der Waals surface area contributed by atoms with E-state index < -0.39 is 43.3 Å². The summed E-state index contributed by atoms with van der Waals surface area (Å²) in [6.45, 7) is 3.10. The highest BCUT2D eigenvalue weighted by Crippen LogP contribution is 2.31. The summed E-state index contributed by atoms with van der Waals surface area (Å²) in [4.78, 5) is 17.5. The van der Waals surface area contributed by atoms with Gasteiger partial charge in [0, 0.05) is 13.0 Å². The zero-order valence-corrected chi connectivity index (χ0v) is 16.9. The molecule has 1 N–H and O–H groups in total. The first-order valence-electron chi connectivity index (χ1n) is 8.20. The van der Waals surface area contributed by atoms with E-state index >= 15 is 0 Å². The maximum atomic E-state index is 13.1. The van der Waals surface area contributed by atoms with Gasteiger partial charge in [0.15, 0.2) is 5.75 Å². The number of carbonyl (C=O) groups is 1. The van der Waals surface area contributed by atoms with Gasteiger partial charge < -0.3 is 15.0 Å². The number of amides is 2. The fourth-order valence-corrected chi connectivity index (χ4v) is 2.92. The number of methoxy groups -OCH3 is 1. The average molecular weight is 480 g/mol. The number of nitrogens with zero attached hydrogens (tertiary/aromatic N) is 2. The standard InChI is InChI=1S/C16H20BrF6N3O2/c1-4-26(9(2)11-7-10(17)12(28-3)8-24-11)14(27)25-13(16(21,22)23)5-6-15(18,19)20/h7-9,13H,4-6H2,1-3H3,(H,25,27). The summed E-state index contributed by atoms with van der Waals surface area (Å²) in [5.74, 6) is 0.424. The predicted octanol–water partition coefficient (Wildman–Crippen LogP) is 5.22. The van der Waals surface area contributed by atoms with Gasteiger partial charge in [-0.3, -0.25) is 4.98 Å². The minimum Gasteiger partial charge on any atom is -0.494 e. The Morgan fingerprint density at radius 3 is 2.36 bits per heavy atom. The number of hydrogen-bond donors (Lipinski definition) is 1. The molecule has 1 rings (SSSR count). The number of aromatic nitrogens is 1. The minimum absolute atomic E-state index is 0.0160. The fraction of sp³-hybridized carbons (Fsp3) is 0.625. The van der Waals surface area contributed by atoms with Crippen LogP contribution in [-0.2, 0) is 0 Å². The molecule has 0 fully saturated rings. The summed E-state index contributed by atoms with van der Waals surface area (Å²) < 4.78 is 81.6. The van der Waals surface area contributed by atoms with Crippen molar-refractivity contribution in [1.29, 1.82) is 0 Å². The first kappa shape index (κ1) is 24.3. The number of rotatable bonds is 7. The van der Waals surface area contributed by atoms with Crippen LogP contribution in [0.5, 0.6) is 5.75 Å². The maximum Gasteiger partial charge on any atom is 0.408 e. The summed E-state index contributed by atoms with van der Waals surface area (Å²) in [7, 11) is 1.43. The van der Waals surface area contributed by atoms with E-state index in [4.69, 9.17) is 4.74 Å². The number of nitrogens with one attached hydrogen (secondary N) is 1. The number of hydrogen-bond acceptors (Lipinski definition) is 3. The molecular weight excluding hydrogens is 460 g/mol. The summed E-state index contributed by atoms with van der Waals surface area (Å²) in [5, 5.41) is 1.67. The Balaban J connectivity index is 2.96. The molecule has 12 heteroatoms. The Morgan fingerprint density at radius 2 is 1.93 bits per heavy atom. The van der Waals surface area contributed by atoms with E-state index in [0.717, 1.165) is 4.90 Å². The van der Waals surface area contributed by atoms with Gasteiger partial charge in [0.1, 0.15) is 6.04 Å². The Hall–Kier alpha value is -1.72. The molecule has 0 aliphatic rings. The molecule has 5 nitrogen and oxygen atoms in total. The Morgan fingerprint density at radius 1 is 1.32 bits per heavy atom. The second-order valence-electron chi connectivity index (χ2n) is 5.90. The molecule has 0 radical (unpaired) electrons. The molecule has 0 aliphatic carbocycles. The largest absolute Gasteiger partial charge is 0.494 e. The van der Waals surface area contributed by atoms with Gasteiger partial charge in [0.05, 0.1) is 29.5 Å². The van der Waals surface area contributed by atoms with Gasteiger partial charge in [-0.25, -0.2) is 4.79 Å². The topological polar surface area (TPSA) is 54.5 Å². The predicted molar refractivity (Wildman–Crippen MR) is 92.9 cm³/mol. The van der Waals surface area contributed by atoms with Gasteiger partial charge in [0.25, 0.3) is 0 Å². The maximum absolute atomic E-state index is 13.1. The third kappa shape index (κ3) is 7.02. The number of halogens is 7.